The molecule has 2 atom stereocenters. The van der Waals surface area contributed by atoms with Crippen LogP contribution in [0.4, 0.5) is 26.3 Å². The average Bonchev–Trinajstić information content (AvgIpc) is 3.76. The standard InChI is InChI=1S/C25H25F6N3O5S/c26-24(27,28)17-10-15(39-14-2-1-3-14)4-5-19(17)40(37,38)16-11-18(20(35)33-22(13-32)6-7-22)34(12-16)21(36)23(8-9-23)25(29,30)31/h4-5,10,14,16,18H,1-3,6-9,11-12H2,(H,33,35)/t16-,18+/m1/s1. The molecule has 4 fully saturated rings. The molecule has 5 rings (SSSR count). The van der Waals surface area contributed by atoms with Crippen molar-refractivity contribution in [2.45, 2.75) is 91.5 Å². The Morgan fingerprint density at radius 1 is 1.07 bits per heavy atom. The second-order valence-corrected chi connectivity index (χ2v) is 13.2. The lowest BCUT2D eigenvalue weighted by molar-refractivity contribution is -0.199. The molecule has 3 aliphatic carbocycles. The lowest BCUT2D eigenvalue weighted by Crippen LogP contribution is -2.53. The number of likely N-dealkylation sites (tertiary alicyclic amines) is 1. The summed E-state index contributed by atoms with van der Waals surface area (Å²) in [7, 11) is -4.91. The number of halogens is 6. The molecule has 218 valence electrons. The number of hydrogen-bond donors (Lipinski definition) is 1. The van der Waals surface area contributed by atoms with Crippen molar-refractivity contribution in [1.82, 2.24) is 10.2 Å². The van der Waals surface area contributed by atoms with E-state index in [-0.39, 0.29) is 24.7 Å². The van der Waals surface area contributed by atoms with Crippen molar-refractivity contribution in [2.75, 3.05) is 6.54 Å². The summed E-state index contributed by atoms with van der Waals surface area (Å²) in [5.74, 6) is -2.70. The maximum atomic E-state index is 14.0. The zero-order chi connectivity index (χ0) is 29.3. The van der Waals surface area contributed by atoms with E-state index in [1.807, 2.05) is 6.07 Å². The first kappa shape index (κ1) is 28.5. The Morgan fingerprint density at radius 3 is 2.20 bits per heavy atom. The minimum Gasteiger partial charge on any atom is -0.490 e. The lowest BCUT2D eigenvalue weighted by Gasteiger charge is -2.29. The van der Waals surface area contributed by atoms with Crippen LogP contribution in [0.3, 0.4) is 0 Å². The second-order valence-electron chi connectivity index (χ2n) is 11.0. The number of benzene rings is 1. The van der Waals surface area contributed by atoms with Crippen LogP contribution in [0.2, 0.25) is 0 Å². The molecule has 0 spiro atoms. The van der Waals surface area contributed by atoms with Crippen LogP contribution in [-0.4, -0.2) is 60.8 Å². The monoisotopic (exact) mass is 593 g/mol. The molecular weight excluding hydrogens is 568 g/mol. The smallest absolute Gasteiger partial charge is 0.417 e. The van der Waals surface area contributed by atoms with Gasteiger partial charge in [0, 0.05) is 6.54 Å². The third-order valence-electron chi connectivity index (χ3n) is 8.21. The Labute approximate surface area is 225 Å². The summed E-state index contributed by atoms with van der Waals surface area (Å²) in [5, 5.41) is 9.87. The molecule has 0 unspecified atom stereocenters. The molecule has 1 saturated heterocycles. The summed E-state index contributed by atoms with van der Waals surface area (Å²) < 4.78 is 116. The minimum atomic E-state index is -5.12. The summed E-state index contributed by atoms with van der Waals surface area (Å²) in [6.45, 7) is -0.908. The molecule has 4 aliphatic rings. The van der Waals surface area contributed by atoms with Gasteiger partial charge in [0.1, 0.15) is 22.7 Å². The van der Waals surface area contributed by atoms with Crippen molar-refractivity contribution in [3.8, 4) is 11.8 Å². The van der Waals surface area contributed by atoms with Gasteiger partial charge in [-0.2, -0.15) is 31.6 Å². The fourth-order valence-electron chi connectivity index (χ4n) is 5.14. The van der Waals surface area contributed by atoms with Crippen molar-refractivity contribution >= 4 is 21.7 Å². The van der Waals surface area contributed by atoms with Gasteiger partial charge >= 0.3 is 12.4 Å². The molecule has 2 amide bonds. The van der Waals surface area contributed by atoms with Gasteiger partial charge in [0.2, 0.25) is 11.8 Å². The van der Waals surface area contributed by atoms with Crippen LogP contribution >= 0.6 is 0 Å². The molecule has 0 radical (unpaired) electrons. The molecule has 1 heterocycles. The Bertz CT molecular complexity index is 1370. The van der Waals surface area contributed by atoms with E-state index in [0.29, 0.717) is 23.8 Å². The number of amides is 2. The van der Waals surface area contributed by atoms with Gasteiger partial charge in [-0.3, -0.25) is 9.59 Å². The van der Waals surface area contributed by atoms with Gasteiger partial charge in [0.05, 0.1) is 27.9 Å². The number of carbonyl (C=O) groups excluding carboxylic acids is 2. The van der Waals surface area contributed by atoms with E-state index in [9.17, 15) is 49.6 Å². The predicted octanol–water partition coefficient (Wildman–Crippen LogP) is 3.89. The van der Waals surface area contributed by atoms with Crippen LogP contribution in [0.1, 0.15) is 56.9 Å². The van der Waals surface area contributed by atoms with Crippen LogP contribution in [0.5, 0.6) is 5.75 Å². The molecule has 1 aliphatic heterocycles. The number of ether oxygens (including phenoxy) is 1. The summed E-state index contributed by atoms with van der Waals surface area (Å²) in [5.41, 5.74) is -5.57. The maximum Gasteiger partial charge on any atom is 0.417 e. The number of sulfone groups is 1. The van der Waals surface area contributed by atoms with Crippen LogP contribution in [0, 0.1) is 16.7 Å². The zero-order valence-corrected chi connectivity index (χ0v) is 21.8. The molecule has 1 aromatic carbocycles. The number of nitriles is 1. The topological polar surface area (TPSA) is 117 Å². The number of nitrogens with zero attached hydrogens (tertiary/aromatic N) is 2. The van der Waals surface area contributed by atoms with Crippen molar-refractivity contribution in [3.63, 3.8) is 0 Å². The van der Waals surface area contributed by atoms with Gasteiger partial charge in [-0.05, 0) is 69.6 Å². The van der Waals surface area contributed by atoms with Gasteiger partial charge < -0.3 is 15.0 Å². The Balaban J connectivity index is 1.48. The molecule has 1 N–H and O–H groups in total. The molecule has 0 bridgehead atoms. The van der Waals surface area contributed by atoms with Crippen LogP contribution < -0.4 is 10.1 Å². The molecule has 8 nitrogen and oxygen atoms in total. The SMILES string of the molecule is N#CC1(NC(=O)[C@@H]2C[C@@H](S(=O)(=O)c3ccc(OC4CCC4)cc3C(F)(F)F)CN2C(=O)C2(C(F)(F)F)CC2)CC1. The summed E-state index contributed by atoms with van der Waals surface area (Å²) in [6, 6.07) is 2.53. The van der Waals surface area contributed by atoms with E-state index in [2.05, 4.69) is 5.32 Å². The second kappa shape index (κ2) is 9.25. The van der Waals surface area contributed by atoms with E-state index in [0.717, 1.165) is 18.6 Å². The van der Waals surface area contributed by atoms with E-state index < -0.39 is 92.5 Å². The van der Waals surface area contributed by atoms with E-state index >= 15 is 0 Å². The quantitative estimate of drug-likeness (QED) is 0.480. The summed E-state index contributed by atoms with van der Waals surface area (Å²) in [4.78, 5) is 25.6. The van der Waals surface area contributed by atoms with E-state index in [1.54, 1.807) is 0 Å². The number of nitrogens with one attached hydrogen (secondary N) is 1. The highest BCUT2D eigenvalue weighted by molar-refractivity contribution is 7.92. The van der Waals surface area contributed by atoms with Crippen molar-refractivity contribution in [2.24, 2.45) is 5.41 Å². The summed E-state index contributed by atoms with van der Waals surface area (Å²) >= 11 is 0. The van der Waals surface area contributed by atoms with Crippen LogP contribution in [0.25, 0.3) is 0 Å². The Kier molecular flexibility index (Phi) is 6.59. The Hall–Kier alpha value is -3.02. The third-order valence-corrected chi connectivity index (χ3v) is 10.4. The first-order chi connectivity index (χ1) is 18.5. The number of rotatable bonds is 7. The molecule has 1 aromatic rings. The van der Waals surface area contributed by atoms with E-state index in [1.165, 1.54) is 0 Å². The third kappa shape index (κ3) is 4.88. The average molecular weight is 594 g/mol. The fraction of sp³-hybridized carbons (Fsp3) is 0.640. The van der Waals surface area contributed by atoms with Crippen molar-refractivity contribution in [1.29, 1.82) is 5.26 Å². The van der Waals surface area contributed by atoms with Gasteiger partial charge in [-0.15, -0.1) is 0 Å². The molecule has 0 aromatic heterocycles. The van der Waals surface area contributed by atoms with Crippen molar-refractivity contribution in [3.05, 3.63) is 23.8 Å². The number of hydrogen-bond acceptors (Lipinski definition) is 6. The number of carbonyl (C=O) groups is 2. The first-order valence-electron chi connectivity index (χ1n) is 12.8. The normalized spacial score (nSPS) is 25.5. The summed E-state index contributed by atoms with van der Waals surface area (Å²) in [6.07, 6.45) is -9.56. The largest absolute Gasteiger partial charge is 0.490 e. The van der Waals surface area contributed by atoms with Gasteiger partial charge in [0.25, 0.3) is 0 Å². The lowest BCUT2D eigenvalue weighted by atomic mass is 9.96. The Morgan fingerprint density at radius 2 is 1.73 bits per heavy atom. The van der Waals surface area contributed by atoms with Crippen LogP contribution in [-0.2, 0) is 25.6 Å². The molecule has 15 heteroatoms. The highest BCUT2D eigenvalue weighted by atomic mass is 32.2. The molecule has 3 saturated carbocycles. The minimum absolute atomic E-state index is 0.177. The predicted molar refractivity (Wildman–Crippen MR) is 124 cm³/mol. The number of alkyl halides is 6. The fourth-order valence-corrected chi connectivity index (χ4v) is 7.03. The maximum absolute atomic E-state index is 14.0. The van der Waals surface area contributed by atoms with Gasteiger partial charge in [0.15, 0.2) is 9.84 Å². The zero-order valence-electron chi connectivity index (χ0n) is 20.9. The highest BCUT2D eigenvalue weighted by Gasteiger charge is 2.70. The first-order valence-corrected chi connectivity index (χ1v) is 14.3. The molecular formula is C25H25F6N3O5S. The van der Waals surface area contributed by atoms with Crippen molar-refractivity contribution < 1.29 is 49.1 Å². The van der Waals surface area contributed by atoms with Gasteiger partial charge in [-0.1, -0.05) is 0 Å². The highest BCUT2D eigenvalue weighted by Crippen LogP contribution is 2.59. The van der Waals surface area contributed by atoms with Crippen LogP contribution in [0.15, 0.2) is 23.1 Å². The van der Waals surface area contributed by atoms with Gasteiger partial charge in [-0.25, -0.2) is 8.42 Å². The molecule has 40 heavy (non-hydrogen) atoms. The van der Waals surface area contributed by atoms with E-state index in [4.69, 9.17) is 4.74 Å².